The number of nitrogens with zero attached hydrogens (tertiary/aromatic N) is 1. The van der Waals surface area contributed by atoms with Crippen LogP contribution in [0.25, 0.3) is 10.9 Å². The molecule has 1 aromatic heterocycles. The number of para-hydroxylation sites is 1. The summed E-state index contributed by atoms with van der Waals surface area (Å²) < 4.78 is 7.18. The van der Waals surface area contributed by atoms with Crippen molar-refractivity contribution in [1.29, 1.82) is 0 Å². The molecule has 0 amide bonds. The second-order valence-corrected chi connectivity index (χ2v) is 4.60. The normalized spacial score (nSPS) is 11.2. The van der Waals surface area contributed by atoms with Gasteiger partial charge in [0.25, 0.3) is 0 Å². The number of aromatic carboxylic acids is 1. The molecule has 96 valence electrons. The van der Waals surface area contributed by atoms with Crippen LogP contribution in [-0.2, 0) is 0 Å². The van der Waals surface area contributed by atoms with Gasteiger partial charge in [0.05, 0.1) is 12.6 Å². The van der Waals surface area contributed by atoms with Gasteiger partial charge in [0.2, 0.25) is 0 Å². The van der Waals surface area contributed by atoms with Gasteiger partial charge in [-0.15, -0.1) is 0 Å². The molecule has 1 heterocycles. The summed E-state index contributed by atoms with van der Waals surface area (Å²) in [7, 11) is 1.60. The quantitative estimate of drug-likeness (QED) is 0.905. The molecule has 18 heavy (non-hydrogen) atoms. The first-order valence-electron chi connectivity index (χ1n) is 5.89. The second-order valence-electron chi connectivity index (χ2n) is 4.60. The van der Waals surface area contributed by atoms with Gasteiger partial charge in [0, 0.05) is 11.4 Å². The van der Waals surface area contributed by atoms with Crippen LogP contribution in [0, 0.1) is 6.92 Å². The fourth-order valence-electron chi connectivity index (χ4n) is 2.44. The van der Waals surface area contributed by atoms with Crippen LogP contribution >= 0.6 is 0 Å². The van der Waals surface area contributed by atoms with Crippen LogP contribution in [0.5, 0.6) is 5.75 Å². The van der Waals surface area contributed by atoms with E-state index in [1.54, 1.807) is 7.11 Å². The van der Waals surface area contributed by atoms with E-state index in [0.29, 0.717) is 11.4 Å². The number of fused-ring (bicyclic) bond motifs is 1. The summed E-state index contributed by atoms with van der Waals surface area (Å²) in [4.78, 5) is 11.5. The van der Waals surface area contributed by atoms with Crippen molar-refractivity contribution in [3.63, 3.8) is 0 Å². The number of carboxylic acids is 1. The highest BCUT2D eigenvalue weighted by molar-refractivity contribution is 6.00. The number of methoxy groups -OCH3 is 1. The maximum Gasteiger partial charge on any atom is 0.352 e. The van der Waals surface area contributed by atoms with Crippen molar-refractivity contribution in [3.05, 3.63) is 29.5 Å². The molecule has 0 unspecified atom stereocenters. The van der Waals surface area contributed by atoms with Gasteiger partial charge in [0.15, 0.2) is 0 Å². The Bertz CT molecular complexity index is 611. The first-order chi connectivity index (χ1) is 8.49. The van der Waals surface area contributed by atoms with Crippen molar-refractivity contribution in [3.8, 4) is 5.75 Å². The molecule has 0 aliphatic heterocycles. The van der Waals surface area contributed by atoms with E-state index in [-0.39, 0.29) is 6.04 Å². The summed E-state index contributed by atoms with van der Waals surface area (Å²) in [6.07, 6.45) is 0. The third kappa shape index (κ3) is 1.65. The Hall–Kier alpha value is -1.97. The monoisotopic (exact) mass is 247 g/mol. The number of benzene rings is 1. The van der Waals surface area contributed by atoms with Crippen molar-refractivity contribution in [2.24, 2.45) is 0 Å². The number of aryl methyl sites for hydroxylation is 1. The third-order valence-corrected chi connectivity index (χ3v) is 3.18. The molecule has 0 spiro atoms. The Morgan fingerprint density at radius 3 is 2.56 bits per heavy atom. The topological polar surface area (TPSA) is 51.5 Å². The molecule has 4 heteroatoms. The molecule has 1 aromatic carbocycles. The minimum atomic E-state index is -0.903. The minimum Gasteiger partial charge on any atom is -0.495 e. The van der Waals surface area contributed by atoms with Crippen LogP contribution in [0.2, 0.25) is 0 Å². The molecule has 0 fully saturated rings. The van der Waals surface area contributed by atoms with E-state index in [1.165, 1.54) is 0 Å². The predicted molar refractivity (Wildman–Crippen MR) is 70.6 cm³/mol. The average Bonchev–Trinajstić information content (AvgIpc) is 2.63. The van der Waals surface area contributed by atoms with E-state index in [9.17, 15) is 9.90 Å². The molecule has 4 nitrogen and oxygen atoms in total. The highest BCUT2D eigenvalue weighted by Gasteiger charge is 2.23. The molecule has 1 N–H and O–H groups in total. The largest absolute Gasteiger partial charge is 0.495 e. The lowest BCUT2D eigenvalue weighted by atomic mass is 10.1. The van der Waals surface area contributed by atoms with Gasteiger partial charge in [0.1, 0.15) is 11.4 Å². The summed E-state index contributed by atoms with van der Waals surface area (Å²) in [5.41, 5.74) is 1.97. The molecular weight excluding hydrogens is 230 g/mol. The highest BCUT2D eigenvalue weighted by Crippen LogP contribution is 2.34. The number of hydrogen-bond donors (Lipinski definition) is 1. The van der Waals surface area contributed by atoms with Crippen molar-refractivity contribution >= 4 is 16.9 Å². The number of ether oxygens (including phenoxy) is 1. The maximum absolute atomic E-state index is 11.5. The number of carboxylic acid groups (broad SMARTS) is 1. The molecule has 2 rings (SSSR count). The summed E-state index contributed by atoms with van der Waals surface area (Å²) in [5, 5.41) is 10.3. The first-order valence-corrected chi connectivity index (χ1v) is 5.89. The zero-order chi connectivity index (χ0) is 13.4. The SMILES string of the molecule is COc1cccc2c(C)c(C(=O)O)n(C(C)C)c12. The minimum absolute atomic E-state index is 0.0589. The summed E-state index contributed by atoms with van der Waals surface area (Å²) in [5.74, 6) is -0.198. The molecular formula is C14H17NO3. The van der Waals surface area contributed by atoms with Crippen molar-refractivity contribution in [2.45, 2.75) is 26.8 Å². The second kappa shape index (κ2) is 4.37. The Morgan fingerprint density at radius 1 is 1.39 bits per heavy atom. The van der Waals surface area contributed by atoms with Gasteiger partial charge in [-0.2, -0.15) is 0 Å². The van der Waals surface area contributed by atoms with Gasteiger partial charge in [-0.25, -0.2) is 4.79 Å². The number of rotatable bonds is 3. The zero-order valence-corrected chi connectivity index (χ0v) is 11.0. The lowest BCUT2D eigenvalue weighted by Crippen LogP contribution is -2.11. The van der Waals surface area contributed by atoms with Crippen LogP contribution in [0.1, 0.15) is 35.9 Å². The van der Waals surface area contributed by atoms with E-state index < -0.39 is 5.97 Å². The summed E-state index contributed by atoms with van der Waals surface area (Å²) in [6.45, 7) is 5.78. The van der Waals surface area contributed by atoms with E-state index in [1.807, 2.05) is 43.5 Å². The van der Waals surface area contributed by atoms with Gasteiger partial charge in [-0.05, 0) is 32.4 Å². The maximum atomic E-state index is 11.5. The van der Waals surface area contributed by atoms with Crippen molar-refractivity contribution in [2.75, 3.05) is 7.11 Å². The number of hydrogen-bond acceptors (Lipinski definition) is 2. The van der Waals surface area contributed by atoms with Crippen LogP contribution in [0.3, 0.4) is 0 Å². The molecule has 0 bridgehead atoms. The highest BCUT2D eigenvalue weighted by atomic mass is 16.5. The Balaban J connectivity index is 2.98. The lowest BCUT2D eigenvalue weighted by Gasteiger charge is -2.14. The van der Waals surface area contributed by atoms with Crippen molar-refractivity contribution < 1.29 is 14.6 Å². The van der Waals surface area contributed by atoms with Crippen LogP contribution < -0.4 is 4.74 Å². The van der Waals surface area contributed by atoms with Gasteiger partial charge >= 0.3 is 5.97 Å². The number of aromatic nitrogens is 1. The third-order valence-electron chi connectivity index (χ3n) is 3.18. The smallest absolute Gasteiger partial charge is 0.352 e. The predicted octanol–water partition coefficient (Wildman–Crippen LogP) is 3.24. The Labute approximate surface area is 106 Å². The molecule has 0 saturated heterocycles. The first kappa shape index (κ1) is 12.5. The molecule has 2 aromatic rings. The lowest BCUT2D eigenvalue weighted by molar-refractivity contribution is 0.0683. The van der Waals surface area contributed by atoms with Gasteiger partial charge in [-0.3, -0.25) is 0 Å². The molecule has 0 atom stereocenters. The van der Waals surface area contributed by atoms with E-state index in [4.69, 9.17) is 4.74 Å². The summed E-state index contributed by atoms with van der Waals surface area (Å²) in [6, 6.07) is 5.72. The van der Waals surface area contributed by atoms with Gasteiger partial charge < -0.3 is 14.4 Å². The Morgan fingerprint density at radius 2 is 2.06 bits per heavy atom. The fraction of sp³-hybridized carbons (Fsp3) is 0.357. The van der Waals surface area contributed by atoms with Gasteiger partial charge in [-0.1, -0.05) is 12.1 Å². The van der Waals surface area contributed by atoms with Crippen LogP contribution in [0.4, 0.5) is 0 Å². The molecule has 0 aliphatic rings. The zero-order valence-electron chi connectivity index (χ0n) is 11.0. The fourth-order valence-corrected chi connectivity index (χ4v) is 2.44. The number of carbonyl (C=O) groups is 1. The van der Waals surface area contributed by atoms with E-state index >= 15 is 0 Å². The average molecular weight is 247 g/mol. The van der Waals surface area contributed by atoms with E-state index in [0.717, 1.165) is 16.5 Å². The molecule has 0 radical (unpaired) electrons. The standard InChI is InChI=1S/C14H17NO3/c1-8(2)15-12(14(16)17)9(3)10-6-5-7-11(18-4)13(10)15/h5-8H,1-4H3,(H,16,17). The molecule has 0 aliphatic carbocycles. The van der Waals surface area contributed by atoms with E-state index in [2.05, 4.69) is 0 Å². The van der Waals surface area contributed by atoms with Crippen LogP contribution in [0.15, 0.2) is 18.2 Å². The van der Waals surface area contributed by atoms with Crippen molar-refractivity contribution in [1.82, 2.24) is 4.57 Å². The summed E-state index contributed by atoms with van der Waals surface area (Å²) >= 11 is 0. The van der Waals surface area contributed by atoms with Crippen LogP contribution in [-0.4, -0.2) is 22.8 Å². The molecule has 0 saturated carbocycles. The Kier molecular flexibility index (Phi) is 3.03.